The van der Waals surface area contributed by atoms with Gasteiger partial charge in [-0.1, -0.05) is 190 Å². The van der Waals surface area contributed by atoms with E-state index in [1.807, 2.05) is 71.0 Å². The molecule has 7 aromatic rings. The maximum atomic E-state index is 12.4. The van der Waals surface area contributed by atoms with Gasteiger partial charge in [-0.05, 0) is 259 Å². The Labute approximate surface area is 807 Å². The van der Waals surface area contributed by atoms with Gasteiger partial charge in [-0.2, -0.15) is 86.4 Å². The smallest absolute Gasteiger partial charge is 0.494 e. The second kappa shape index (κ2) is 51.9. The third-order valence-electron chi connectivity index (χ3n) is 20.4. The zero-order chi connectivity index (χ0) is 104. The van der Waals surface area contributed by atoms with Crippen LogP contribution in [0.1, 0.15) is 296 Å². The Kier molecular flexibility index (Phi) is 46.6. The number of halogens is 12. The van der Waals surface area contributed by atoms with E-state index in [1.165, 1.54) is 90.6 Å². The maximum Gasteiger partial charge on any atom is 0.534 e. The highest BCUT2D eigenvalue weighted by Gasteiger charge is 2.52. The number of carbonyl (C=O) groups excluding carboxylic acids is 1. The topological polar surface area (TPSA) is 294 Å². The zero-order valence-electron chi connectivity index (χ0n) is 79.5. The molecule has 0 amide bonds. The molecule has 3 saturated carbocycles. The summed E-state index contributed by atoms with van der Waals surface area (Å²) in [4.78, 5) is 21.6. The number of benzene rings is 7. The average Bonchev–Trinajstić information content (AvgIpc) is 1.74. The minimum atomic E-state index is -5.72. The standard InChI is InChI=1S/C24H26O3.C16H20O.C15H19F3O4S.C14H17F3O4S.C13H15F3O5S.C11H13F3O4S.C5H10Si.2CH4/c1-17(2)22-14-19(10-11-21(22)16-27-24(3)12-13-24)7-4-18-5-8-20(9-6-18)15-23(25)26;1-5-13-6-7-14(15(10-13)12(2)3)11-17-16(4)8-9-16;1-10(2)13-8-12(22-23(19,20)15(16,17)18)5-4-11(13)9-21-14(3)6-7-14;1-9(2)13-7-12(21-22(18,19)14(15,16)17)6-5-11(13)8-20-10(3)4;1-8(2)12-6-11(21-22(18,19)13(14,15)16)5-4-10(12)7-20-9(3)17;1-7(2)10-5-9(4-3-8(10)6-15)18-19(16,17)11(12,13)14;1-5-6(2,3)4;;/h5-6,8-11,14,17H,12-13,15-16H2,1-3H3,(H,25,26);1,6-7,10,12H,8-9,11H2,2-4H3;4-5,8,10H,6-7,9H2,1-3H3;5-7,9H,3,8H2,1-2,4H3;4-6,8H,7H2,1-3H3;3-5,7,15H,6H2,1-2H3;1H,2-4H3;2*1H4. The molecule has 0 unspecified atom stereocenters. The molecule has 0 aliphatic heterocycles. The Balaban J connectivity index is 0.000000554. The Hall–Kier alpha value is -10.1. The van der Waals surface area contributed by atoms with Crippen LogP contribution in [-0.4, -0.2) is 103 Å². The number of ether oxygens (including phenoxy) is 5. The third-order valence-corrected chi connectivity index (χ3v) is 25.2. The number of alkyl halides is 12. The summed E-state index contributed by atoms with van der Waals surface area (Å²) in [5, 5.41) is 17.9. The quantitative estimate of drug-likeness (QED) is 0.00776. The van der Waals surface area contributed by atoms with E-state index >= 15 is 0 Å². The Morgan fingerprint density at radius 2 is 0.638 bits per heavy atom. The van der Waals surface area contributed by atoms with Crippen molar-refractivity contribution >= 4 is 60.5 Å². The number of hydrogen-bond donors (Lipinski definition) is 2. The number of carboxylic acids is 1. The van der Waals surface area contributed by atoms with Gasteiger partial charge in [0.2, 0.25) is 0 Å². The fraction of sp³-hybridized carbons (Fsp3) is 0.480. The van der Waals surface area contributed by atoms with Crippen LogP contribution in [0.3, 0.4) is 0 Å². The molecule has 766 valence electrons. The molecule has 138 heavy (non-hydrogen) atoms. The van der Waals surface area contributed by atoms with E-state index in [9.17, 15) is 95.9 Å². The molecule has 0 atom stereocenters. The first-order valence-electron chi connectivity index (χ1n) is 42.9. The van der Waals surface area contributed by atoms with Crippen LogP contribution >= 0.6 is 0 Å². The van der Waals surface area contributed by atoms with Crippen LogP contribution < -0.4 is 16.7 Å². The van der Waals surface area contributed by atoms with Crippen LogP contribution in [-0.2, 0) is 120 Å². The van der Waals surface area contributed by atoms with Crippen molar-refractivity contribution in [1.29, 1.82) is 0 Å². The monoisotopic (exact) mass is 2050 g/mol. The number of rotatable bonds is 31. The molecule has 3 aliphatic rings. The number of hydrogen-bond acceptors (Lipinski definition) is 20. The van der Waals surface area contributed by atoms with Gasteiger partial charge in [0.05, 0.1) is 55.4 Å². The van der Waals surface area contributed by atoms with Gasteiger partial charge in [-0.25, -0.2) is 0 Å². The van der Waals surface area contributed by atoms with Crippen molar-refractivity contribution in [3.05, 3.63) is 235 Å². The minimum Gasteiger partial charge on any atom is -0.494 e. The number of terminal acetylenes is 2. The van der Waals surface area contributed by atoms with E-state index in [0.717, 1.165) is 77.3 Å². The number of aliphatic carboxylic acids is 1. The molecular weight excluding hydrogens is 1920 g/mol. The Bertz CT molecular complexity index is 5750. The summed E-state index contributed by atoms with van der Waals surface area (Å²) in [5.41, 5.74) is -5.38. The molecule has 10 rings (SSSR count). The lowest BCUT2D eigenvalue weighted by Crippen LogP contribution is -2.28. The van der Waals surface area contributed by atoms with Crippen molar-refractivity contribution in [2.75, 3.05) is 0 Å². The number of aliphatic hydroxyl groups is 1. The maximum absolute atomic E-state index is 12.4. The molecule has 0 spiro atoms. The second-order valence-corrected chi connectivity index (χ2v) is 46.8. The highest BCUT2D eigenvalue weighted by Crippen LogP contribution is 2.44. The summed E-state index contributed by atoms with van der Waals surface area (Å²) >= 11 is 0. The first-order chi connectivity index (χ1) is 62.3. The molecule has 0 aromatic heterocycles. The molecule has 0 saturated heterocycles. The van der Waals surface area contributed by atoms with Gasteiger partial charge in [0.25, 0.3) is 0 Å². The van der Waals surface area contributed by atoms with Crippen LogP contribution in [0.4, 0.5) is 52.7 Å². The molecule has 38 heteroatoms. The SMILES string of the molecule is C.C.C#C[Si](C)(C)C.C#Cc1ccc(COC2(C)CC2)c(C(C)C)c1.C=C(C)OCc1ccc(OS(=O)(=O)C(F)(F)F)cc1C(C)C.CC(=O)OCc1ccc(OS(=O)(=O)C(F)(F)F)cc1C(C)C.CC(C)c1cc(C#Cc2ccc(CC(=O)O)cc2)ccc1COC1(C)CC1.CC(C)c1cc(OS(=O)(=O)C(F)(F)F)ccc1CO.CC(C)c1cc(OS(=O)(=O)C(F)(F)F)ccc1COC1(C)CC1. The molecular formula is C100H128F12O21S4Si. The van der Waals surface area contributed by atoms with Crippen molar-refractivity contribution in [1.82, 2.24) is 0 Å². The number of esters is 1. The zero-order valence-corrected chi connectivity index (χ0v) is 83.8. The number of aliphatic hydroxyl groups excluding tert-OH is 1. The number of allylic oxidation sites excluding steroid dienone is 1. The normalized spacial score (nSPS) is 13.9. The van der Waals surface area contributed by atoms with Gasteiger partial charge in [0.15, 0.2) is 0 Å². The predicted molar refractivity (Wildman–Crippen MR) is 511 cm³/mol. The lowest BCUT2D eigenvalue weighted by Gasteiger charge is -2.17. The van der Waals surface area contributed by atoms with Crippen molar-refractivity contribution < 1.29 is 147 Å². The lowest BCUT2D eigenvalue weighted by molar-refractivity contribution is -0.142. The summed E-state index contributed by atoms with van der Waals surface area (Å²) < 4.78 is 280. The summed E-state index contributed by atoms with van der Waals surface area (Å²) in [6.07, 6.45) is 17.2. The van der Waals surface area contributed by atoms with E-state index in [0.29, 0.717) is 70.8 Å². The molecule has 3 aliphatic carbocycles. The van der Waals surface area contributed by atoms with Crippen molar-refractivity contribution in [3.8, 4) is 59.1 Å². The summed E-state index contributed by atoms with van der Waals surface area (Å²) in [6.45, 7) is 44.0. The molecule has 0 heterocycles. The van der Waals surface area contributed by atoms with E-state index in [2.05, 4.69) is 132 Å². The first-order valence-corrected chi connectivity index (χ1v) is 52.0. The van der Waals surface area contributed by atoms with Crippen LogP contribution in [0.15, 0.2) is 146 Å². The van der Waals surface area contributed by atoms with E-state index < -0.39 is 94.0 Å². The summed E-state index contributed by atoms with van der Waals surface area (Å²) in [6, 6.07) is 35.1. The fourth-order valence-electron chi connectivity index (χ4n) is 11.7. The van der Waals surface area contributed by atoms with Crippen LogP contribution in [0.2, 0.25) is 19.6 Å². The van der Waals surface area contributed by atoms with Crippen LogP contribution in [0.25, 0.3) is 0 Å². The third kappa shape index (κ3) is 41.8. The molecule has 7 aromatic carbocycles. The van der Waals surface area contributed by atoms with E-state index in [4.69, 9.17) is 46.7 Å². The summed E-state index contributed by atoms with van der Waals surface area (Å²) in [5.74, 6) is 7.20. The summed E-state index contributed by atoms with van der Waals surface area (Å²) in [7, 11) is -23.8. The van der Waals surface area contributed by atoms with Crippen LogP contribution in [0, 0.1) is 36.2 Å². The fourth-order valence-corrected chi connectivity index (χ4v) is 13.5. The molecule has 0 bridgehead atoms. The van der Waals surface area contributed by atoms with Crippen molar-refractivity contribution in [2.24, 2.45) is 0 Å². The average molecular weight is 2050 g/mol. The van der Waals surface area contributed by atoms with Gasteiger partial charge < -0.3 is 50.6 Å². The van der Waals surface area contributed by atoms with Gasteiger partial charge in [0, 0.05) is 23.6 Å². The van der Waals surface area contributed by atoms with E-state index in [1.54, 1.807) is 40.7 Å². The van der Waals surface area contributed by atoms with Gasteiger partial charge >= 0.3 is 74.4 Å². The van der Waals surface area contributed by atoms with E-state index in [-0.39, 0.29) is 93.1 Å². The first kappa shape index (κ1) is 124. The van der Waals surface area contributed by atoms with Crippen molar-refractivity contribution in [3.63, 3.8) is 0 Å². The molecule has 0 radical (unpaired) electrons. The van der Waals surface area contributed by atoms with Gasteiger partial charge in [-0.3, -0.25) is 9.59 Å². The molecule has 2 N–H and O–H groups in total. The lowest BCUT2D eigenvalue weighted by atomic mass is 9.95. The number of carbonyl (C=O) groups is 2. The predicted octanol–water partition coefficient (Wildman–Crippen LogP) is 25.4. The number of carboxylic acid groups (broad SMARTS) is 1. The highest BCUT2D eigenvalue weighted by atomic mass is 32.2. The molecule has 3 fully saturated rings. The molecule has 21 nitrogen and oxygen atoms in total. The van der Waals surface area contributed by atoms with Gasteiger partial charge in [-0.15, -0.1) is 18.4 Å². The van der Waals surface area contributed by atoms with Crippen molar-refractivity contribution in [2.45, 2.75) is 311 Å². The Morgan fingerprint density at radius 1 is 0.399 bits per heavy atom. The van der Waals surface area contributed by atoms with Crippen LogP contribution in [0.5, 0.6) is 23.0 Å². The second-order valence-electron chi connectivity index (χ2n) is 35.8. The Morgan fingerprint density at radius 3 is 0.884 bits per heavy atom. The largest absolute Gasteiger partial charge is 0.534 e. The van der Waals surface area contributed by atoms with Gasteiger partial charge in [0.1, 0.15) is 44.3 Å². The highest BCUT2D eigenvalue weighted by molar-refractivity contribution is 7.88. The minimum absolute atomic E-state index is 0.